The van der Waals surface area contributed by atoms with Crippen LogP contribution in [0.2, 0.25) is 0 Å². The normalized spacial score (nSPS) is 14.2. The van der Waals surface area contributed by atoms with Crippen molar-refractivity contribution in [3.63, 3.8) is 0 Å². The van der Waals surface area contributed by atoms with Crippen LogP contribution < -0.4 is 0 Å². The number of rotatable bonds is 69. The van der Waals surface area contributed by atoms with Gasteiger partial charge in [-0.3, -0.25) is 37.3 Å². The molecule has 5 atom stereocenters. The van der Waals surface area contributed by atoms with Gasteiger partial charge in [-0.15, -0.1) is 0 Å². The van der Waals surface area contributed by atoms with Crippen LogP contribution >= 0.6 is 15.6 Å². The number of hydrogen-bond donors (Lipinski definition) is 3. The molecule has 3 N–H and O–H groups in total. The standard InChI is InChI=1S/C72H140O17P2/c1-62(2)48-40-32-24-18-13-11-9-10-12-14-21-27-36-44-52-69(74)82-58-67(88-72(77)55-47-39-29-23-17-20-26-34-42-50-64(5)6)60-86-90(78,79)84-56-66(73)57-85-91(80,81)87-61-68(59-83-70(75)53-45-37-31-30-35-43-51-65(7)8)89-71(76)54-46-38-28-22-16-15-19-25-33-41-49-63(3)4/h62-68,73H,9-61H2,1-8H3,(H,78,79)(H,80,81)/t66-,67-,68-/m1/s1. The summed E-state index contributed by atoms with van der Waals surface area (Å²) in [5.74, 6) is 0.838. The highest BCUT2D eigenvalue weighted by Crippen LogP contribution is 2.45. The van der Waals surface area contributed by atoms with Crippen molar-refractivity contribution >= 4 is 39.5 Å². The highest BCUT2D eigenvalue weighted by Gasteiger charge is 2.30. The maximum absolute atomic E-state index is 13.0. The summed E-state index contributed by atoms with van der Waals surface area (Å²) in [6, 6.07) is 0. The van der Waals surface area contributed by atoms with E-state index in [1.807, 2.05) is 0 Å². The quantitative estimate of drug-likeness (QED) is 0.0222. The van der Waals surface area contributed by atoms with Crippen LogP contribution in [0, 0.1) is 23.7 Å². The maximum Gasteiger partial charge on any atom is 0.472 e. The number of esters is 4. The predicted molar refractivity (Wildman–Crippen MR) is 367 cm³/mol. The molecule has 0 spiro atoms. The smallest absolute Gasteiger partial charge is 0.462 e. The zero-order chi connectivity index (χ0) is 67.5. The third-order valence-electron chi connectivity index (χ3n) is 16.6. The molecular weight excluding hydrogens is 1200 g/mol. The van der Waals surface area contributed by atoms with Crippen molar-refractivity contribution in [2.75, 3.05) is 39.6 Å². The van der Waals surface area contributed by atoms with E-state index < -0.39 is 97.5 Å². The summed E-state index contributed by atoms with van der Waals surface area (Å²) in [6.07, 6.45) is 44.6. The second kappa shape index (κ2) is 61.6. The molecule has 0 aromatic rings. The van der Waals surface area contributed by atoms with Crippen LogP contribution in [0.4, 0.5) is 0 Å². The van der Waals surface area contributed by atoms with Crippen LogP contribution in [0.5, 0.6) is 0 Å². The molecule has 0 aliphatic carbocycles. The van der Waals surface area contributed by atoms with Gasteiger partial charge in [-0.1, -0.05) is 306 Å². The molecule has 0 aromatic carbocycles. The first-order valence-corrected chi connectivity index (χ1v) is 40.2. The van der Waals surface area contributed by atoms with E-state index >= 15 is 0 Å². The first-order valence-electron chi connectivity index (χ1n) is 37.2. The zero-order valence-corrected chi connectivity index (χ0v) is 61.3. The zero-order valence-electron chi connectivity index (χ0n) is 59.5. The summed E-state index contributed by atoms with van der Waals surface area (Å²) in [4.78, 5) is 72.6. The van der Waals surface area contributed by atoms with E-state index in [0.717, 1.165) is 114 Å². The Morgan fingerprint density at radius 2 is 0.462 bits per heavy atom. The Morgan fingerprint density at radius 1 is 0.275 bits per heavy atom. The minimum absolute atomic E-state index is 0.104. The first kappa shape index (κ1) is 89.1. The number of aliphatic hydroxyl groups excluding tert-OH is 1. The highest BCUT2D eigenvalue weighted by molar-refractivity contribution is 7.47. The second-order valence-electron chi connectivity index (χ2n) is 27.9. The van der Waals surface area contributed by atoms with Crippen molar-refractivity contribution in [3.05, 3.63) is 0 Å². The van der Waals surface area contributed by atoms with Crippen molar-refractivity contribution in [1.82, 2.24) is 0 Å². The summed E-state index contributed by atoms with van der Waals surface area (Å²) >= 11 is 0. The molecule has 0 heterocycles. The number of phosphoric ester groups is 2. The molecule has 0 saturated carbocycles. The minimum atomic E-state index is -4.95. The van der Waals surface area contributed by atoms with Gasteiger partial charge >= 0.3 is 39.5 Å². The highest BCUT2D eigenvalue weighted by atomic mass is 31.2. The Bertz CT molecular complexity index is 1800. The van der Waals surface area contributed by atoms with Crippen molar-refractivity contribution in [1.29, 1.82) is 0 Å². The fourth-order valence-electron chi connectivity index (χ4n) is 10.8. The van der Waals surface area contributed by atoms with Crippen LogP contribution in [0.25, 0.3) is 0 Å². The second-order valence-corrected chi connectivity index (χ2v) is 30.8. The number of carbonyl (C=O) groups excluding carboxylic acids is 4. The fourth-order valence-corrected chi connectivity index (χ4v) is 12.4. The summed E-state index contributed by atoms with van der Waals surface area (Å²) in [7, 11) is -9.90. The third-order valence-corrected chi connectivity index (χ3v) is 18.5. The van der Waals surface area contributed by atoms with Gasteiger partial charge in [-0.25, -0.2) is 9.13 Å². The molecule has 0 rings (SSSR count). The van der Waals surface area contributed by atoms with Crippen molar-refractivity contribution in [2.45, 2.75) is 375 Å². The molecule has 0 fully saturated rings. The Hall–Kier alpha value is -1.94. The average molecular weight is 1340 g/mol. The molecule has 0 bridgehead atoms. The molecule has 0 aliphatic rings. The fraction of sp³-hybridized carbons (Fsp3) is 0.944. The number of phosphoric acid groups is 2. The molecule has 2 unspecified atom stereocenters. The van der Waals surface area contributed by atoms with Gasteiger partial charge in [0.2, 0.25) is 0 Å². The number of unbranched alkanes of at least 4 members (excludes halogenated alkanes) is 35. The van der Waals surface area contributed by atoms with Crippen LogP contribution in [0.3, 0.4) is 0 Å². The Morgan fingerprint density at radius 3 is 0.681 bits per heavy atom. The van der Waals surface area contributed by atoms with E-state index in [1.165, 1.54) is 154 Å². The Balaban J connectivity index is 5.22. The van der Waals surface area contributed by atoms with Gasteiger partial charge < -0.3 is 33.8 Å². The number of ether oxygens (including phenoxy) is 4. The Kier molecular flexibility index (Phi) is 60.3. The first-order chi connectivity index (χ1) is 43.6. The van der Waals surface area contributed by atoms with E-state index in [-0.39, 0.29) is 25.7 Å². The molecule has 0 amide bonds. The molecule has 19 heteroatoms. The summed E-state index contributed by atoms with van der Waals surface area (Å²) in [5.41, 5.74) is 0. The van der Waals surface area contributed by atoms with Crippen molar-refractivity contribution < 1.29 is 80.2 Å². The predicted octanol–water partition coefficient (Wildman–Crippen LogP) is 20.5. The number of carbonyl (C=O) groups is 4. The molecular formula is C72H140O17P2. The van der Waals surface area contributed by atoms with E-state index in [9.17, 15) is 43.2 Å². The van der Waals surface area contributed by atoms with E-state index in [2.05, 4.69) is 55.4 Å². The van der Waals surface area contributed by atoms with E-state index in [4.69, 9.17) is 37.0 Å². The third kappa shape index (κ3) is 66.5. The molecule has 17 nitrogen and oxygen atoms in total. The van der Waals surface area contributed by atoms with Gasteiger partial charge in [0, 0.05) is 25.7 Å². The molecule has 91 heavy (non-hydrogen) atoms. The Labute approximate surface area is 556 Å². The number of hydrogen-bond acceptors (Lipinski definition) is 15. The SMILES string of the molecule is CC(C)CCCCCCCCCCCCCCCCC(=O)OC[C@H](COP(=O)(O)OC[C@@H](O)COP(=O)(O)OC[C@@H](COC(=O)CCCCCCCCC(C)C)OC(=O)CCCCCCCCCCCCC(C)C)OC(=O)CCCCCCCCCCCC(C)C. The molecule has 0 aliphatic heterocycles. The lowest BCUT2D eigenvalue weighted by Crippen LogP contribution is -2.30. The number of aliphatic hydroxyl groups is 1. The van der Waals surface area contributed by atoms with Gasteiger partial charge in [0.1, 0.15) is 19.3 Å². The minimum Gasteiger partial charge on any atom is -0.462 e. The molecule has 0 aromatic heterocycles. The van der Waals surface area contributed by atoms with Crippen LogP contribution in [0.15, 0.2) is 0 Å². The van der Waals surface area contributed by atoms with Crippen LogP contribution in [0.1, 0.15) is 357 Å². The van der Waals surface area contributed by atoms with Crippen molar-refractivity contribution in [3.8, 4) is 0 Å². The summed E-state index contributed by atoms with van der Waals surface area (Å²) in [6.45, 7) is 14.1. The largest absolute Gasteiger partial charge is 0.472 e. The van der Waals surface area contributed by atoms with Gasteiger partial charge in [-0.2, -0.15) is 0 Å². The van der Waals surface area contributed by atoms with Crippen LogP contribution in [-0.4, -0.2) is 96.7 Å². The average Bonchev–Trinajstić information content (AvgIpc) is 2.83. The van der Waals surface area contributed by atoms with Gasteiger partial charge in [0.05, 0.1) is 26.4 Å². The van der Waals surface area contributed by atoms with Gasteiger partial charge in [0.25, 0.3) is 0 Å². The molecule has 0 saturated heterocycles. The lowest BCUT2D eigenvalue weighted by atomic mass is 10.0. The van der Waals surface area contributed by atoms with E-state index in [0.29, 0.717) is 31.6 Å². The topological polar surface area (TPSA) is 237 Å². The monoisotopic (exact) mass is 1340 g/mol. The van der Waals surface area contributed by atoms with Gasteiger partial charge in [-0.05, 0) is 49.4 Å². The summed E-state index contributed by atoms with van der Waals surface area (Å²) < 4.78 is 68.3. The lowest BCUT2D eigenvalue weighted by Gasteiger charge is -2.21. The molecule has 0 radical (unpaired) electrons. The van der Waals surface area contributed by atoms with E-state index in [1.54, 1.807) is 0 Å². The van der Waals surface area contributed by atoms with Crippen LogP contribution in [-0.2, 0) is 65.4 Å². The summed E-state index contributed by atoms with van der Waals surface area (Å²) in [5, 5.41) is 10.6. The lowest BCUT2D eigenvalue weighted by molar-refractivity contribution is -0.161. The maximum atomic E-state index is 13.0. The van der Waals surface area contributed by atoms with Crippen molar-refractivity contribution in [2.24, 2.45) is 23.7 Å². The molecule has 540 valence electrons. The van der Waals surface area contributed by atoms with Gasteiger partial charge in [0.15, 0.2) is 12.2 Å².